The predicted octanol–water partition coefficient (Wildman–Crippen LogP) is 3.55. The second-order valence-electron chi connectivity index (χ2n) is 7.43. The molecule has 0 spiro atoms. The van der Waals surface area contributed by atoms with E-state index in [0.29, 0.717) is 18.1 Å². The molecule has 6 nitrogen and oxygen atoms in total. The van der Waals surface area contributed by atoms with Gasteiger partial charge in [-0.05, 0) is 48.5 Å². The third-order valence-electron chi connectivity index (χ3n) is 5.29. The lowest BCUT2D eigenvalue weighted by Gasteiger charge is -2.36. The van der Waals surface area contributed by atoms with E-state index in [9.17, 15) is 9.18 Å². The first-order valence-electron chi connectivity index (χ1n) is 10.4. The lowest BCUT2D eigenvalue weighted by Crippen LogP contribution is -2.48. The highest BCUT2D eigenvalue weighted by Crippen LogP contribution is 2.16. The summed E-state index contributed by atoms with van der Waals surface area (Å²) in [7, 11) is 0. The van der Waals surface area contributed by atoms with Crippen LogP contribution in [0.1, 0.15) is 16.3 Å². The van der Waals surface area contributed by atoms with E-state index in [-0.39, 0.29) is 24.1 Å². The molecule has 1 amide bonds. The number of nitrogens with one attached hydrogen (secondary N) is 1. The summed E-state index contributed by atoms with van der Waals surface area (Å²) in [5.41, 5.74) is 1.26. The Morgan fingerprint density at radius 1 is 0.968 bits per heavy atom. The Hall–Kier alpha value is -3.32. The summed E-state index contributed by atoms with van der Waals surface area (Å²) in [6.45, 7) is 5.43. The summed E-state index contributed by atoms with van der Waals surface area (Å²) in [5.74, 6) is 0.771. The van der Waals surface area contributed by atoms with Crippen LogP contribution in [0, 0.1) is 5.82 Å². The zero-order valence-electron chi connectivity index (χ0n) is 17.3. The van der Waals surface area contributed by atoms with Crippen LogP contribution in [0.2, 0.25) is 0 Å². The van der Waals surface area contributed by atoms with E-state index in [0.717, 1.165) is 32.7 Å². The van der Waals surface area contributed by atoms with E-state index in [1.807, 2.05) is 6.07 Å². The number of carbonyl (C=O) groups excluding carboxylic acids is 1. The summed E-state index contributed by atoms with van der Waals surface area (Å²) in [4.78, 5) is 17.1. The molecule has 1 saturated heterocycles. The number of anilines is 1. The lowest BCUT2D eigenvalue weighted by molar-refractivity contribution is 0.0916. The molecule has 0 bridgehead atoms. The van der Waals surface area contributed by atoms with Crippen molar-refractivity contribution in [2.24, 2.45) is 0 Å². The van der Waals surface area contributed by atoms with E-state index in [1.54, 1.807) is 24.3 Å². The summed E-state index contributed by atoms with van der Waals surface area (Å²) in [5, 5.41) is 2.91. The van der Waals surface area contributed by atoms with Crippen LogP contribution < -0.4 is 15.0 Å². The molecule has 4 rings (SSSR count). The Kier molecular flexibility index (Phi) is 6.84. The average Bonchev–Trinajstić information content (AvgIpc) is 3.29. The van der Waals surface area contributed by atoms with Gasteiger partial charge in [0.05, 0.1) is 0 Å². The number of hydrogen-bond acceptors (Lipinski definition) is 5. The number of nitrogens with zero attached hydrogens (tertiary/aromatic N) is 2. The molecule has 2 aromatic carbocycles. The van der Waals surface area contributed by atoms with Crippen molar-refractivity contribution in [1.82, 2.24) is 10.2 Å². The van der Waals surface area contributed by atoms with E-state index >= 15 is 0 Å². The van der Waals surface area contributed by atoms with Gasteiger partial charge in [0.25, 0.3) is 5.91 Å². The molecule has 0 atom stereocenters. The van der Waals surface area contributed by atoms with Gasteiger partial charge in [0, 0.05) is 45.0 Å². The van der Waals surface area contributed by atoms with Gasteiger partial charge in [-0.25, -0.2) is 4.39 Å². The molecule has 31 heavy (non-hydrogen) atoms. The number of benzene rings is 2. The molecule has 7 heteroatoms. The Labute approximate surface area is 181 Å². The number of ether oxygens (including phenoxy) is 1. The number of carbonyl (C=O) groups is 1. The third-order valence-corrected chi connectivity index (χ3v) is 5.29. The number of amides is 1. The number of hydrogen-bond donors (Lipinski definition) is 1. The third kappa shape index (κ3) is 5.86. The quantitative estimate of drug-likeness (QED) is 0.601. The minimum Gasteiger partial charge on any atom is -0.486 e. The van der Waals surface area contributed by atoms with Crippen molar-refractivity contribution in [2.75, 3.05) is 44.2 Å². The summed E-state index contributed by atoms with van der Waals surface area (Å²) in [6.07, 6.45) is 0. The molecular weight excluding hydrogens is 397 g/mol. The largest absolute Gasteiger partial charge is 0.486 e. The Morgan fingerprint density at radius 2 is 1.71 bits per heavy atom. The molecule has 162 valence electrons. The van der Waals surface area contributed by atoms with Crippen molar-refractivity contribution in [3.63, 3.8) is 0 Å². The first-order chi connectivity index (χ1) is 15.2. The predicted molar refractivity (Wildman–Crippen MR) is 117 cm³/mol. The van der Waals surface area contributed by atoms with Crippen molar-refractivity contribution in [2.45, 2.75) is 6.61 Å². The number of piperazine rings is 1. The van der Waals surface area contributed by atoms with E-state index in [1.165, 1.54) is 17.8 Å². The van der Waals surface area contributed by atoms with Gasteiger partial charge in [-0.15, -0.1) is 0 Å². The van der Waals surface area contributed by atoms with Gasteiger partial charge in [0.2, 0.25) is 0 Å². The van der Waals surface area contributed by atoms with Crippen molar-refractivity contribution in [3.8, 4) is 5.75 Å². The number of rotatable bonds is 8. The fourth-order valence-electron chi connectivity index (χ4n) is 3.55. The second kappa shape index (κ2) is 10.1. The summed E-state index contributed by atoms with van der Waals surface area (Å²) in [6, 6.07) is 19.5. The number of furan rings is 1. The van der Waals surface area contributed by atoms with Gasteiger partial charge >= 0.3 is 0 Å². The maximum atomic E-state index is 12.9. The zero-order valence-corrected chi connectivity index (χ0v) is 17.3. The molecule has 1 N–H and O–H groups in total. The van der Waals surface area contributed by atoms with Crippen LogP contribution in [0.5, 0.6) is 5.75 Å². The summed E-state index contributed by atoms with van der Waals surface area (Å²) < 4.78 is 24.0. The Bertz CT molecular complexity index is 967. The average molecular weight is 423 g/mol. The molecule has 1 aliphatic rings. The minimum absolute atomic E-state index is 0.171. The lowest BCUT2D eigenvalue weighted by atomic mass is 10.2. The smallest absolute Gasteiger partial charge is 0.287 e. The van der Waals surface area contributed by atoms with Crippen molar-refractivity contribution in [1.29, 1.82) is 0 Å². The van der Waals surface area contributed by atoms with Gasteiger partial charge in [0.1, 0.15) is 23.9 Å². The van der Waals surface area contributed by atoms with E-state index in [4.69, 9.17) is 9.15 Å². The van der Waals surface area contributed by atoms with Crippen LogP contribution in [-0.2, 0) is 6.61 Å². The van der Waals surface area contributed by atoms with Gasteiger partial charge in [-0.3, -0.25) is 9.69 Å². The highest BCUT2D eigenvalue weighted by atomic mass is 19.1. The maximum Gasteiger partial charge on any atom is 0.287 e. The van der Waals surface area contributed by atoms with Gasteiger partial charge in [0.15, 0.2) is 5.76 Å². The van der Waals surface area contributed by atoms with Gasteiger partial charge in [-0.1, -0.05) is 18.2 Å². The molecule has 0 unspecified atom stereocenters. The minimum atomic E-state index is -0.317. The molecule has 0 radical (unpaired) electrons. The monoisotopic (exact) mass is 423 g/mol. The van der Waals surface area contributed by atoms with Crippen LogP contribution in [0.15, 0.2) is 71.1 Å². The molecule has 1 aromatic heterocycles. The van der Waals surface area contributed by atoms with Crippen molar-refractivity contribution < 1.29 is 18.3 Å². The van der Waals surface area contributed by atoms with Gasteiger partial charge < -0.3 is 19.4 Å². The summed E-state index contributed by atoms with van der Waals surface area (Å²) >= 11 is 0. The Morgan fingerprint density at radius 3 is 2.45 bits per heavy atom. The highest BCUT2D eigenvalue weighted by molar-refractivity contribution is 5.91. The zero-order chi connectivity index (χ0) is 21.5. The van der Waals surface area contributed by atoms with Crippen molar-refractivity contribution >= 4 is 11.6 Å². The van der Waals surface area contributed by atoms with Crippen LogP contribution >= 0.6 is 0 Å². The van der Waals surface area contributed by atoms with Gasteiger partial charge in [-0.2, -0.15) is 0 Å². The van der Waals surface area contributed by atoms with Crippen LogP contribution in [0.4, 0.5) is 10.1 Å². The molecule has 0 saturated carbocycles. The van der Waals surface area contributed by atoms with E-state index in [2.05, 4.69) is 39.4 Å². The van der Waals surface area contributed by atoms with Crippen LogP contribution in [-0.4, -0.2) is 50.1 Å². The van der Waals surface area contributed by atoms with Crippen LogP contribution in [0.3, 0.4) is 0 Å². The SMILES string of the molecule is O=C(NCCN1CCN(c2ccccc2)CC1)c1ccc(COc2ccc(F)cc2)o1. The first-order valence-corrected chi connectivity index (χ1v) is 10.4. The molecule has 0 aliphatic carbocycles. The molecular formula is C24H26FN3O3. The number of halogens is 1. The fourth-order valence-corrected chi connectivity index (χ4v) is 3.55. The molecule has 1 fully saturated rings. The standard InChI is InChI=1S/C24H26FN3O3/c25-19-6-8-21(9-7-19)30-18-22-10-11-23(31-22)24(29)26-12-13-27-14-16-28(17-15-27)20-4-2-1-3-5-20/h1-11H,12-18H2,(H,26,29). The van der Waals surface area contributed by atoms with E-state index < -0.39 is 0 Å². The van der Waals surface area contributed by atoms with Crippen LogP contribution in [0.25, 0.3) is 0 Å². The normalized spacial score (nSPS) is 14.4. The molecule has 1 aliphatic heterocycles. The first kappa shape index (κ1) is 20.9. The fraction of sp³-hybridized carbons (Fsp3) is 0.292. The number of para-hydroxylation sites is 1. The molecule has 3 aromatic rings. The second-order valence-corrected chi connectivity index (χ2v) is 7.43. The Balaban J connectivity index is 1.16. The molecule has 2 heterocycles. The topological polar surface area (TPSA) is 58.0 Å². The highest BCUT2D eigenvalue weighted by Gasteiger charge is 2.17. The maximum absolute atomic E-state index is 12.9. The van der Waals surface area contributed by atoms with Crippen molar-refractivity contribution in [3.05, 3.63) is 84.1 Å².